The van der Waals surface area contributed by atoms with Gasteiger partial charge in [-0.1, -0.05) is 12.8 Å². The number of hydrogen-bond donors (Lipinski definition) is 1. The van der Waals surface area contributed by atoms with Gasteiger partial charge >= 0.3 is 0 Å². The Morgan fingerprint density at radius 1 is 1.21 bits per heavy atom. The zero-order valence-electron chi connectivity index (χ0n) is 10.1. The maximum atomic E-state index is 13.5. The Morgan fingerprint density at radius 2 is 1.89 bits per heavy atom. The molecule has 1 fully saturated rings. The van der Waals surface area contributed by atoms with Crippen LogP contribution in [0, 0.1) is 11.6 Å². The van der Waals surface area contributed by atoms with Crippen LogP contribution in [-0.4, -0.2) is 19.8 Å². The molecule has 2 rings (SSSR count). The summed E-state index contributed by atoms with van der Waals surface area (Å²) in [6, 6.07) is 1.90. The minimum atomic E-state index is -4.10. The Hall–Kier alpha value is -0.720. The number of hydrogen-bond acceptors (Lipinski definition) is 2. The van der Waals surface area contributed by atoms with Crippen molar-refractivity contribution in [2.45, 2.75) is 42.0 Å². The van der Waals surface area contributed by atoms with Gasteiger partial charge in [-0.25, -0.2) is 21.9 Å². The molecule has 0 aliphatic heterocycles. The molecule has 0 bridgehead atoms. The van der Waals surface area contributed by atoms with E-state index in [1.807, 2.05) is 0 Å². The first-order chi connectivity index (χ1) is 8.90. The first-order valence-corrected chi connectivity index (χ1v) is 7.93. The molecule has 1 N–H and O–H groups in total. The summed E-state index contributed by atoms with van der Waals surface area (Å²) < 4.78 is 53.0. The number of rotatable bonds is 3. The van der Waals surface area contributed by atoms with Gasteiger partial charge in [0.25, 0.3) is 0 Å². The minimum Gasteiger partial charge on any atom is -0.207 e. The molecule has 3 nitrogen and oxygen atoms in total. The molecule has 0 saturated heterocycles. The molecule has 0 aromatic heterocycles. The first kappa shape index (κ1) is 14.7. The molecule has 2 unspecified atom stereocenters. The SMILES string of the molecule is O=S(=O)(NC1CCCCC1Cl)c1cc(F)ccc1F. The van der Waals surface area contributed by atoms with E-state index in [0.717, 1.165) is 25.0 Å². The van der Waals surface area contributed by atoms with Crippen LogP contribution in [0.15, 0.2) is 23.1 Å². The second kappa shape index (κ2) is 5.73. The number of alkyl halides is 1. The zero-order chi connectivity index (χ0) is 14.0. The smallest absolute Gasteiger partial charge is 0.207 e. The van der Waals surface area contributed by atoms with Gasteiger partial charge in [-0.05, 0) is 31.0 Å². The van der Waals surface area contributed by atoms with Gasteiger partial charge < -0.3 is 0 Å². The van der Waals surface area contributed by atoms with Crippen LogP contribution in [0.1, 0.15) is 25.7 Å². The quantitative estimate of drug-likeness (QED) is 0.873. The van der Waals surface area contributed by atoms with Crippen molar-refractivity contribution >= 4 is 21.6 Å². The normalized spacial score (nSPS) is 24.4. The highest BCUT2D eigenvalue weighted by Crippen LogP contribution is 2.25. The molecule has 7 heteroatoms. The zero-order valence-corrected chi connectivity index (χ0v) is 11.6. The van der Waals surface area contributed by atoms with E-state index in [1.165, 1.54) is 0 Å². The highest BCUT2D eigenvalue weighted by atomic mass is 35.5. The third-order valence-corrected chi connectivity index (χ3v) is 5.20. The van der Waals surface area contributed by atoms with Crippen molar-refractivity contribution in [1.82, 2.24) is 4.72 Å². The van der Waals surface area contributed by atoms with E-state index in [4.69, 9.17) is 11.6 Å². The third-order valence-electron chi connectivity index (χ3n) is 3.17. The van der Waals surface area contributed by atoms with Gasteiger partial charge in [-0.2, -0.15) is 0 Å². The van der Waals surface area contributed by atoms with E-state index in [9.17, 15) is 17.2 Å². The molecule has 1 aliphatic rings. The van der Waals surface area contributed by atoms with E-state index in [-0.39, 0.29) is 5.38 Å². The van der Waals surface area contributed by atoms with Crippen molar-refractivity contribution in [2.75, 3.05) is 0 Å². The summed E-state index contributed by atoms with van der Waals surface area (Å²) >= 11 is 6.05. The lowest BCUT2D eigenvalue weighted by Crippen LogP contribution is -2.43. The van der Waals surface area contributed by atoms with E-state index in [1.54, 1.807) is 0 Å². The average molecular weight is 310 g/mol. The molecule has 1 aliphatic carbocycles. The van der Waals surface area contributed by atoms with Crippen molar-refractivity contribution in [3.63, 3.8) is 0 Å². The third kappa shape index (κ3) is 3.43. The first-order valence-electron chi connectivity index (χ1n) is 6.01. The molecule has 1 aromatic carbocycles. The molecular formula is C12H14ClF2NO2S. The molecule has 0 spiro atoms. The van der Waals surface area contributed by atoms with Gasteiger partial charge in [0.1, 0.15) is 16.5 Å². The maximum Gasteiger partial charge on any atom is 0.243 e. The predicted octanol–water partition coefficient (Wildman–Crippen LogP) is 2.79. The second-order valence-corrected chi connectivity index (χ2v) is 6.85. The summed E-state index contributed by atoms with van der Waals surface area (Å²) in [4.78, 5) is -0.679. The molecule has 1 saturated carbocycles. The monoisotopic (exact) mass is 309 g/mol. The van der Waals surface area contributed by atoms with E-state index < -0.39 is 32.6 Å². The summed E-state index contributed by atoms with van der Waals surface area (Å²) in [5.74, 6) is -1.77. The Morgan fingerprint density at radius 3 is 2.58 bits per heavy atom. The highest BCUT2D eigenvalue weighted by Gasteiger charge is 2.29. The van der Waals surface area contributed by atoms with Gasteiger partial charge in [0.05, 0.1) is 0 Å². The van der Waals surface area contributed by atoms with Gasteiger partial charge in [-0.15, -0.1) is 11.6 Å². The van der Waals surface area contributed by atoms with Crippen LogP contribution in [0.25, 0.3) is 0 Å². The van der Waals surface area contributed by atoms with Crippen LogP contribution in [0.3, 0.4) is 0 Å². The fraction of sp³-hybridized carbons (Fsp3) is 0.500. The molecule has 106 valence electrons. The Kier molecular flexibility index (Phi) is 4.43. The van der Waals surface area contributed by atoms with Crippen molar-refractivity contribution in [3.8, 4) is 0 Å². The molecule has 1 aromatic rings. The topological polar surface area (TPSA) is 46.2 Å². The van der Waals surface area contributed by atoms with Gasteiger partial charge in [0.15, 0.2) is 0 Å². The minimum absolute atomic E-state index is 0.319. The average Bonchev–Trinajstić information content (AvgIpc) is 2.35. The number of halogens is 3. The van der Waals surface area contributed by atoms with E-state index >= 15 is 0 Å². The Bertz CT molecular complexity index is 565. The standard InChI is InChI=1S/C12H14ClF2NO2S/c13-9-3-1-2-4-11(9)16-19(17,18)12-7-8(14)5-6-10(12)15/h5-7,9,11,16H,1-4H2. The second-order valence-electron chi connectivity index (χ2n) is 4.60. The van der Waals surface area contributed by atoms with Crippen LogP contribution in [0.4, 0.5) is 8.78 Å². The van der Waals surface area contributed by atoms with Crippen LogP contribution < -0.4 is 4.72 Å². The van der Waals surface area contributed by atoms with Crippen molar-refractivity contribution in [1.29, 1.82) is 0 Å². The van der Waals surface area contributed by atoms with E-state index in [0.29, 0.717) is 18.9 Å². The van der Waals surface area contributed by atoms with Gasteiger partial charge in [0.2, 0.25) is 10.0 Å². The summed E-state index contributed by atoms with van der Waals surface area (Å²) in [7, 11) is -4.10. The van der Waals surface area contributed by atoms with E-state index in [2.05, 4.69) is 4.72 Å². The molecule has 19 heavy (non-hydrogen) atoms. The fourth-order valence-corrected chi connectivity index (χ4v) is 3.98. The van der Waals surface area contributed by atoms with Crippen LogP contribution >= 0.6 is 11.6 Å². The lowest BCUT2D eigenvalue weighted by molar-refractivity contribution is 0.417. The molecule has 2 atom stereocenters. The van der Waals surface area contributed by atoms with Gasteiger partial charge in [-0.3, -0.25) is 0 Å². The lowest BCUT2D eigenvalue weighted by Gasteiger charge is -2.27. The number of nitrogens with one attached hydrogen (secondary N) is 1. The summed E-state index contributed by atoms with van der Waals surface area (Å²) in [6.45, 7) is 0. The molecule has 0 radical (unpaired) electrons. The molecule has 0 heterocycles. The number of benzene rings is 1. The van der Waals surface area contributed by atoms with Crippen molar-refractivity contribution in [3.05, 3.63) is 29.8 Å². The van der Waals surface area contributed by atoms with Crippen LogP contribution in [0.2, 0.25) is 0 Å². The number of sulfonamides is 1. The van der Waals surface area contributed by atoms with Crippen LogP contribution in [0.5, 0.6) is 0 Å². The van der Waals surface area contributed by atoms with Crippen molar-refractivity contribution in [2.24, 2.45) is 0 Å². The molecular weight excluding hydrogens is 296 g/mol. The van der Waals surface area contributed by atoms with Crippen molar-refractivity contribution < 1.29 is 17.2 Å². The Balaban J connectivity index is 2.24. The lowest BCUT2D eigenvalue weighted by atomic mass is 9.96. The summed E-state index contributed by atoms with van der Waals surface area (Å²) in [6.07, 6.45) is 3.12. The summed E-state index contributed by atoms with van der Waals surface area (Å²) in [5, 5.41) is -0.319. The largest absolute Gasteiger partial charge is 0.243 e. The Labute approximate surface area is 116 Å². The highest BCUT2D eigenvalue weighted by molar-refractivity contribution is 7.89. The van der Waals surface area contributed by atoms with Gasteiger partial charge in [0, 0.05) is 11.4 Å². The predicted molar refractivity (Wildman–Crippen MR) is 68.6 cm³/mol. The molecule has 0 amide bonds. The maximum absolute atomic E-state index is 13.5. The fourth-order valence-electron chi connectivity index (χ4n) is 2.16. The summed E-state index contributed by atoms with van der Waals surface area (Å²) in [5.41, 5.74) is 0. The van der Waals surface area contributed by atoms with Crippen LogP contribution in [-0.2, 0) is 10.0 Å².